The number of unbranched alkanes of at least 4 members (excludes halogenated alkanes) is 3. The average Bonchev–Trinajstić information content (AvgIpc) is 2.53. The highest BCUT2D eigenvalue weighted by Crippen LogP contribution is 2.29. The number of carbonyl (C=O) groups excluding carboxylic acids is 1. The Kier molecular flexibility index (Phi) is 7.90. The van der Waals surface area contributed by atoms with Gasteiger partial charge in [0.15, 0.2) is 0 Å². The van der Waals surface area contributed by atoms with Crippen LogP contribution in [-0.4, -0.2) is 23.7 Å². The van der Waals surface area contributed by atoms with Crippen LogP contribution in [0.25, 0.3) is 0 Å². The van der Waals surface area contributed by atoms with Crippen molar-refractivity contribution in [1.29, 1.82) is 0 Å². The molecule has 0 radical (unpaired) electrons. The minimum absolute atomic E-state index is 0.236. The van der Waals surface area contributed by atoms with Crippen LogP contribution < -0.4 is 10.6 Å². The van der Waals surface area contributed by atoms with E-state index >= 15 is 0 Å². The lowest BCUT2D eigenvalue weighted by atomic mass is 10.2. The number of amides is 2. The lowest BCUT2D eigenvalue weighted by Gasteiger charge is -2.09. The minimum Gasteiger partial charge on any atom is -0.476 e. The van der Waals surface area contributed by atoms with Crippen LogP contribution in [0.3, 0.4) is 0 Å². The number of alkyl halides is 3. The summed E-state index contributed by atoms with van der Waals surface area (Å²) in [6.07, 6.45) is -1.32. The van der Waals surface area contributed by atoms with Gasteiger partial charge in [-0.3, -0.25) is 0 Å². The zero-order chi connectivity index (χ0) is 18.9. The second-order valence-corrected chi connectivity index (χ2v) is 5.16. The topological polar surface area (TPSA) is 78.4 Å². The number of aliphatic carboxylic acids is 1. The van der Waals surface area contributed by atoms with Crippen LogP contribution in [0, 0.1) is 0 Å². The van der Waals surface area contributed by atoms with Crippen molar-refractivity contribution in [2.24, 2.45) is 0 Å². The highest BCUT2D eigenvalue weighted by molar-refractivity contribution is 5.89. The summed E-state index contributed by atoms with van der Waals surface area (Å²) in [4.78, 5) is 21.8. The molecule has 1 aromatic carbocycles. The first kappa shape index (κ1) is 20.5. The first-order chi connectivity index (χ1) is 11.7. The Bertz CT molecular complexity index is 613. The Morgan fingerprint density at radius 2 is 1.72 bits per heavy atom. The molecule has 0 bridgehead atoms. The summed E-state index contributed by atoms with van der Waals surface area (Å²) in [7, 11) is 0. The van der Waals surface area contributed by atoms with Crippen molar-refractivity contribution in [3.05, 3.63) is 41.7 Å². The lowest BCUT2D eigenvalue weighted by Crippen LogP contribution is -2.29. The van der Waals surface area contributed by atoms with Gasteiger partial charge in [0.2, 0.25) is 5.83 Å². The van der Waals surface area contributed by atoms with E-state index in [1.807, 2.05) is 0 Å². The average molecular weight is 362 g/mol. The Morgan fingerprint density at radius 3 is 2.28 bits per heavy atom. The molecule has 0 fully saturated rings. The molecule has 0 unspecified atom stereocenters. The van der Waals surface area contributed by atoms with Crippen molar-refractivity contribution in [1.82, 2.24) is 5.32 Å². The monoisotopic (exact) mass is 362 g/mol. The number of anilines is 1. The van der Waals surface area contributed by atoms with Crippen LogP contribution in [0.4, 0.5) is 28.0 Å². The Hall–Kier alpha value is -2.58. The first-order valence-corrected chi connectivity index (χ1v) is 7.51. The molecule has 0 aliphatic rings. The van der Waals surface area contributed by atoms with Crippen molar-refractivity contribution in [2.75, 3.05) is 11.9 Å². The minimum atomic E-state index is -4.43. The van der Waals surface area contributed by atoms with E-state index < -0.39 is 29.6 Å². The lowest BCUT2D eigenvalue weighted by molar-refractivity contribution is -0.137. The van der Waals surface area contributed by atoms with Crippen molar-refractivity contribution < 1.29 is 32.3 Å². The van der Waals surface area contributed by atoms with Gasteiger partial charge in [0, 0.05) is 12.2 Å². The number of hydrogen-bond donors (Lipinski definition) is 3. The number of carboxylic acid groups (broad SMARTS) is 1. The van der Waals surface area contributed by atoms with Crippen molar-refractivity contribution >= 4 is 17.7 Å². The van der Waals surface area contributed by atoms with E-state index in [0.717, 1.165) is 30.3 Å². The molecule has 1 rings (SSSR count). The number of carboxylic acids is 1. The molecular weight excluding hydrogens is 344 g/mol. The predicted molar refractivity (Wildman–Crippen MR) is 83.8 cm³/mol. The second-order valence-electron chi connectivity index (χ2n) is 5.16. The van der Waals surface area contributed by atoms with Gasteiger partial charge >= 0.3 is 18.2 Å². The highest BCUT2D eigenvalue weighted by Gasteiger charge is 2.29. The van der Waals surface area contributed by atoms with Crippen LogP contribution in [-0.2, 0) is 11.0 Å². The van der Waals surface area contributed by atoms with Crippen LogP contribution in [0.5, 0.6) is 0 Å². The molecule has 138 valence electrons. The quantitative estimate of drug-likeness (QED) is 0.366. The van der Waals surface area contributed by atoms with E-state index in [0.29, 0.717) is 25.8 Å². The molecule has 0 aliphatic heterocycles. The number of hydrogen-bond acceptors (Lipinski definition) is 2. The van der Waals surface area contributed by atoms with Gasteiger partial charge in [0.25, 0.3) is 0 Å². The van der Waals surface area contributed by atoms with Crippen molar-refractivity contribution in [2.45, 2.75) is 31.9 Å². The van der Waals surface area contributed by atoms with Gasteiger partial charge in [-0.25, -0.2) is 9.59 Å². The van der Waals surface area contributed by atoms with Crippen LogP contribution in [0.2, 0.25) is 0 Å². The molecule has 0 saturated heterocycles. The molecule has 0 saturated carbocycles. The predicted octanol–water partition coefficient (Wildman–Crippen LogP) is 4.33. The summed E-state index contributed by atoms with van der Waals surface area (Å²) in [6.45, 7) is 0.331. The second kappa shape index (κ2) is 9.65. The number of halogens is 4. The summed E-state index contributed by atoms with van der Waals surface area (Å²) in [5.41, 5.74) is -0.563. The molecule has 0 heterocycles. The normalized spacial score (nSPS) is 11.9. The molecule has 25 heavy (non-hydrogen) atoms. The van der Waals surface area contributed by atoms with Crippen LogP contribution >= 0.6 is 0 Å². The number of allylic oxidation sites excluding steroid dienone is 1. The van der Waals surface area contributed by atoms with Gasteiger partial charge in [-0.1, -0.05) is 6.42 Å². The van der Waals surface area contributed by atoms with E-state index in [4.69, 9.17) is 5.11 Å². The SMILES string of the molecule is O=C(NCCCCC/C=C(\F)C(=O)O)Nc1ccc(C(F)(F)F)cc1. The fraction of sp³-hybridized carbons (Fsp3) is 0.375. The van der Waals surface area contributed by atoms with Crippen LogP contribution in [0.1, 0.15) is 31.2 Å². The van der Waals surface area contributed by atoms with Crippen LogP contribution in [0.15, 0.2) is 36.2 Å². The molecule has 0 atom stereocenters. The smallest absolute Gasteiger partial charge is 0.416 e. The number of urea groups is 1. The first-order valence-electron chi connectivity index (χ1n) is 7.51. The third-order valence-electron chi connectivity index (χ3n) is 3.16. The van der Waals surface area contributed by atoms with Crippen molar-refractivity contribution in [3.63, 3.8) is 0 Å². The number of carbonyl (C=O) groups is 2. The molecule has 3 N–H and O–H groups in total. The number of rotatable bonds is 8. The van der Waals surface area contributed by atoms with Gasteiger partial charge in [-0.05, 0) is 49.6 Å². The Labute approximate surface area is 141 Å². The third-order valence-corrected chi connectivity index (χ3v) is 3.16. The third kappa shape index (κ3) is 8.18. The summed E-state index contributed by atoms with van der Waals surface area (Å²) in [5.74, 6) is -2.78. The molecule has 2 amide bonds. The standard InChI is InChI=1S/C16H18F4N2O3/c17-13(14(23)24)5-3-1-2-4-10-21-15(25)22-12-8-6-11(7-9-12)16(18,19)20/h5-9H,1-4,10H2,(H,23,24)(H2,21,22,25)/b13-5-. The fourth-order valence-corrected chi connectivity index (χ4v) is 1.88. The zero-order valence-electron chi connectivity index (χ0n) is 13.2. The van der Waals surface area contributed by atoms with Gasteiger partial charge in [0.05, 0.1) is 5.56 Å². The van der Waals surface area contributed by atoms with Crippen molar-refractivity contribution in [3.8, 4) is 0 Å². The Balaban J connectivity index is 2.21. The van der Waals surface area contributed by atoms with E-state index in [-0.39, 0.29) is 12.1 Å². The van der Waals surface area contributed by atoms with Gasteiger partial charge in [-0.2, -0.15) is 17.6 Å². The summed E-state index contributed by atoms with van der Waals surface area (Å²) >= 11 is 0. The molecule has 5 nitrogen and oxygen atoms in total. The van der Waals surface area contributed by atoms with E-state index in [1.165, 1.54) is 0 Å². The highest BCUT2D eigenvalue weighted by atomic mass is 19.4. The van der Waals surface area contributed by atoms with Gasteiger partial charge < -0.3 is 15.7 Å². The summed E-state index contributed by atoms with van der Waals surface area (Å²) < 4.78 is 49.9. The van der Waals surface area contributed by atoms with Gasteiger partial charge in [-0.15, -0.1) is 0 Å². The van der Waals surface area contributed by atoms with E-state index in [1.54, 1.807) is 0 Å². The van der Waals surface area contributed by atoms with E-state index in [2.05, 4.69) is 10.6 Å². The molecule has 0 aromatic heterocycles. The van der Waals surface area contributed by atoms with E-state index in [9.17, 15) is 27.2 Å². The number of benzene rings is 1. The summed E-state index contributed by atoms with van der Waals surface area (Å²) in [5, 5.41) is 13.3. The zero-order valence-corrected chi connectivity index (χ0v) is 13.2. The largest absolute Gasteiger partial charge is 0.476 e. The molecule has 0 aliphatic carbocycles. The fourth-order valence-electron chi connectivity index (χ4n) is 1.88. The maximum atomic E-state index is 12.6. The maximum absolute atomic E-state index is 12.6. The maximum Gasteiger partial charge on any atom is 0.416 e. The molecular formula is C16H18F4N2O3. The Morgan fingerprint density at radius 1 is 1.08 bits per heavy atom. The molecule has 0 spiro atoms. The number of nitrogens with one attached hydrogen (secondary N) is 2. The molecule has 1 aromatic rings. The van der Waals surface area contributed by atoms with Gasteiger partial charge in [0.1, 0.15) is 0 Å². The summed E-state index contributed by atoms with van der Waals surface area (Å²) in [6, 6.07) is 3.52. The molecule has 9 heteroatoms.